The molecule has 0 spiro atoms. The maximum absolute atomic E-state index is 4.81. The number of hydrogen-bond acceptors (Lipinski definition) is 6. The van der Waals surface area contributed by atoms with Crippen molar-refractivity contribution in [1.82, 2.24) is 24.8 Å². The van der Waals surface area contributed by atoms with E-state index in [4.69, 9.17) is 4.98 Å². The molecule has 1 saturated carbocycles. The zero-order valence-electron chi connectivity index (χ0n) is 19.5. The monoisotopic (exact) mass is 443 g/mol. The van der Waals surface area contributed by atoms with Crippen LogP contribution in [0.1, 0.15) is 62.5 Å². The van der Waals surface area contributed by atoms with Crippen molar-refractivity contribution in [2.24, 2.45) is 0 Å². The number of piperidine rings is 1. The lowest BCUT2D eigenvalue weighted by Crippen LogP contribution is -2.29. The fourth-order valence-corrected chi connectivity index (χ4v) is 4.82. The third-order valence-electron chi connectivity index (χ3n) is 6.69. The van der Waals surface area contributed by atoms with Crippen LogP contribution in [0.3, 0.4) is 0 Å². The Morgan fingerprint density at radius 3 is 2.70 bits per heavy atom. The molecular formula is C26H33N7. The molecule has 0 bridgehead atoms. The van der Waals surface area contributed by atoms with Crippen LogP contribution in [-0.4, -0.2) is 50.5 Å². The molecular weight excluding hydrogens is 410 g/mol. The van der Waals surface area contributed by atoms with Crippen LogP contribution in [0.25, 0.3) is 11.5 Å². The van der Waals surface area contributed by atoms with E-state index in [0.717, 1.165) is 40.7 Å². The number of nitrogens with zero attached hydrogens (tertiary/aromatic N) is 4. The first-order valence-corrected chi connectivity index (χ1v) is 12.3. The maximum Gasteiger partial charge on any atom is 0.208 e. The van der Waals surface area contributed by atoms with Crippen molar-refractivity contribution < 1.29 is 0 Å². The largest absolute Gasteiger partial charge is 0.365 e. The Bertz CT molecular complexity index is 1100. The number of aromatic amines is 1. The number of aromatic nitrogens is 4. The molecule has 1 saturated heterocycles. The molecule has 1 aliphatic carbocycles. The second-order valence-corrected chi connectivity index (χ2v) is 9.28. The minimum Gasteiger partial charge on any atom is -0.365 e. The Morgan fingerprint density at radius 2 is 1.88 bits per heavy atom. The van der Waals surface area contributed by atoms with Crippen LogP contribution in [0.2, 0.25) is 0 Å². The summed E-state index contributed by atoms with van der Waals surface area (Å²) in [6.45, 7) is 5.31. The standard InChI is InChI=1S/C26H33N7/c1-19-17-20(9-8-16-33-14-6-3-7-15-33)12-13-22(19)30-26-31-24-23(27-18-28-24)25(32-26)29-21-10-4-2-5-11-21/h12-13,17-18,21H,2-7,10-11,14-16H2,1H3,(H3,27,28,29,30,31,32). The highest BCUT2D eigenvalue weighted by Crippen LogP contribution is 2.29. The van der Waals surface area contributed by atoms with Gasteiger partial charge in [0, 0.05) is 17.3 Å². The summed E-state index contributed by atoms with van der Waals surface area (Å²) in [6, 6.07) is 6.73. The third-order valence-corrected chi connectivity index (χ3v) is 6.69. The van der Waals surface area contributed by atoms with Gasteiger partial charge in [-0.25, -0.2) is 9.97 Å². The van der Waals surface area contributed by atoms with Crippen LogP contribution >= 0.6 is 0 Å². The fraction of sp³-hybridized carbons (Fsp3) is 0.500. The highest BCUT2D eigenvalue weighted by atomic mass is 15.2. The zero-order chi connectivity index (χ0) is 22.5. The molecule has 5 rings (SSSR count). The summed E-state index contributed by atoms with van der Waals surface area (Å²) in [7, 11) is 0. The Hall–Kier alpha value is -3.11. The van der Waals surface area contributed by atoms with Gasteiger partial charge >= 0.3 is 0 Å². The number of fused-ring (bicyclic) bond motifs is 1. The molecule has 1 aromatic rings. The van der Waals surface area contributed by atoms with Gasteiger partial charge in [0.05, 0.1) is 6.54 Å². The van der Waals surface area contributed by atoms with E-state index < -0.39 is 0 Å². The van der Waals surface area contributed by atoms with Crippen LogP contribution in [-0.2, 0) is 0 Å². The third kappa shape index (κ3) is 5.45. The Balaban J connectivity index is 1.29. The number of rotatable bonds is 5. The quantitative estimate of drug-likeness (QED) is 0.485. The molecule has 7 heteroatoms. The summed E-state index contributed by atoms with van der Waals surface area (Å²) in [5.41, 5.74) is 3.97. The van der Waals surface area contributed by atoms with Crippen LogP contribution < -0.4 is 10.6 Å². The fourth-order valence-electron chi connectivity index (χ4n) is 4.82. The van der Waals surface area contributed by atoms with Gasteiger partial charge in [0.15, 0.2) is 11.6 Å². The Morgan fingerprint density at radius 1 is 1.06 bits per heavy atom. The highest BCUT2D eigenvalue weighted by molar-refractivity contribution is 5.71. The summed E-state index contributed by atoms with van der Waals surface area (Å²) >= 11 is 0. The molecule has 0 unspecified atom stereocenters. The summed E-state index contributed by atoms with van der Waals surface area (Å²) < 4.78 is 0. The van der Waals surface area contributed by atoms with Crippen LogP contribution in [0.5, 0.6) is 0 Å². The lowest BCUT2D eigenvalue weighted by Gasteiger charge is -2.24. The SMILES string of the molecule is Cc1cc(C#CCN2CCCCC2)ccc1Nc1nc(NC2CCCCC2)c2ncnc-2[nH]1. The molecule has 3 N–H and O–H groups in total. The van der Waals surface area contributed by atoms with Gasteiger partial charge in [-0.3, -0.25) is 4.90 Å². The second kappa shape index (κ2) is 10.2. The van der Waals surface area contributed by atoms with E-state index in [-0.39, 0.29) is 0 Å². The summed E-state index contributed by atoms with van der Waals surface area (Å²) in [5, 5.41) is 7.05. The summed E-state index contributed by atoms with van der Waals surface area (Å²) in [6.07, 6.45) is 11.8. The lowest BCUT2D eigenvalue weighted by molar-refractivity contribution is 0.255. The molecule has 172 valence electrons. The first-order chi connectivity index (χ1) is 16.2. The number of likely N-dealkylation sites (tertiary alicyclic amines) is 1. The zero-order valence-corrected chi connectivity index (χ0v) is 19.5. The molecule has 1 aromatic carbocycles. The Kier molecular flexibility index (Phi) is 6.73. The minimum absolute atomic E-state index is 0.450. The number of imidazole rings is 1. The molecule has 7 nitrogen and oxygen atoms in total. The molecule has 3 aliphatic heterocycles. The van der Waals surface area contributed by atoms with E-state index in [1.165, 1.54) is 64.5 Å². The Labute approximate surface area is 196 Å². The summed E-state index contributed by atoms with van der Waals surface area (Å²) in [4.78, 5) is 19.3. The van der Waals surface area contributed by atoms with Crippen molar-refractivity contribution in [3.63, 3.8) is 0 Å². The maximum atomic E-state index is 4.81. The van der Waals surface area contributed by atoms with Crippen LogP contribution in [0.4, 0.5) is 17.5 Å². The van der Waals surface area contributed by atoms with Crippen molar-refractivity contribution >= 4 is 17.5 Å². The minimum atomic E-state index is 0.450. The van der Waals surface area contributed by atoms with Crippen molar-refractivity contribution in [3.05, 3.63) is 35.7 Å². The van der Waals surface area contributed by atoms with Gasteiger partial charge in [0.25, 0.3) is 0 Å². The lowest BCUT2D eigenvalue weighted by atomic mass is 9.95. The second-order valence-electron chi connectivity index (χ2n) is 9.28. The van der Waals surface area contributed by atoms with Gasteiger partial charge in [-0.1, -0.05) is 37.5 Å². The van der Waals surface area contributed by atoms with E-state index in [1.54, 1.807) is 6.33 Å². The number of anilines is 3. The van der Waals surface area contributed by atoms with Crippen LogP contribution in [0.15, 0.2) is 24.5 Å². The van der Waals surface area contributed by atoms with E-state index in [0.29, 0.717) is 12.0 Å². The van der Waals surface area contributed by atoms with Crippen molar-refractivity contribution in [2.45, 2.75) is 64.3 Å². The molecule has 4 aliphatic rings. The number of nitrogens with one attached hydrogen (secondary N) is 3. The normalized spacial score (nSPS) is 17.5. The first kappa shape index (κ1) is 21.7. The van der Waals surface area contributed by atoms with Gasteiger partial charge in [0.2, 0.25) is 5.95 Å². The first-order valence-electron chi connectivity index (χ1n) is 12.3. The predicted octanol–water partition coefficient (Wildman–Crippen LogP) is 4.94. The molecule has 3 heterocycles. The van der Waals surface area contributed by atoms with Gasteiger partial charge < -0.3 is 15.6 Å². The molecule has 0 aromatic heterocycles. The van der Waals surface area contributed by atoms with Gasteiger partial charge in [0.1, 0.15) is 12.0 Å². The smallest absolute Gasteiger partial charge is 0.208 e. The van der Waals surface area contributed by atoms with Gasteiger partial charge in [-0.05, 0) is 69.5 Å². The van der Waals surface area contributed by atoms with Crippen molar-refractivity contribution in [2.75, 3.05) is 30.3 Å². The highest BCUT2D eigenvalue weighted by Gasteiger charge is 2.20. The van der Waals surface area contributed by atoms with E-state index in [1.807, 2.05) is 0 Å². The predicted molar refractivity (Wildman–Crippen MR) is 133 cm³/mol. The number of benzene rings is 1. The topological polar surface area (TPSA) is 81.8 Å². The van der Waals surface area contributed by atoms with E-state index in [2.05, 4.69) is 67.4 Å². The number of hydrogen-bond donors (Lipinski definition) is 3. The van der Waals surface area contributed by atoms with Gasteiger partial charge in [-0.15, -0.1) is 0 Å². The molecule has 2 fully saturated rings. The van der Waals surface area contributed by atoms with Crippen molar-refractivity contribution in [3.8, 4) is 23.4 Å². The van der Waals surface area contributed by atoms with Crippen molar-refractivity contribution in [1.29, 1.82) is 0 Å². The molecule has 33 heavy (non-hydrogen) atoms. The van der Waals surface area contributed by atoms with E-state index in [9.17, 15) is 0 Å². The average molecular weight is 444 g/mol. The molecule has 0 radical (unpaired) electrons. The summed E-state index contributed by atoms with van der Waals surface area (Å²) in [5.74, 6) is 8.87. The molecule has 0 amide bonds. The molecule has 0 atom stereocenters. The number of H-pyrrole nitrogens is 1. The van der Waals surface area contributed by atoms with E-state index >= 15 is 0 Å². The van der Waals surface area contributed by atoms with Gasteiger partial charge in [-0.2, -0.15) is 4.98 Å². The van der Waals surface area contributed by atoms with Crippen LogP contribution in [0, 0.1) is 18.8 Å². The number of aryl methyl sites for hydroxylation is 1. The average Bonchev–Trinajstić information content (AvgIpc) is 3.31.